The Morgan fingerprint density at radius 3 is 1.67 bits per heavy atom. The van der Waals surface area contributed by atoms with Crippen LogP contribution in [0.3, 0.4) is 0 Å². The van der Waals surface area contributed by atoms with Crippen LogP contribution in [-0.4, -0.2) is 28.4 Å². The topological polar surface area (TPSA) is 80.7 Å². The monoisotopic (exact) mass is 218 g/mol. The minimum Gasteiger partial charge on any atom is -0.481 e. The summed E-state index contributed by atoms with van der Waals surface area (Å²) in [5, 5.41) is 7.42. The molecule has 0 aromatic rings. The molecule has 0 aromatic heterocycles. The molecule has 1 N–H and O–H groups in total. The zero-order chi connectivity index (χ0) is 12.6. The maximum atomic E-state index is 10.8. The van der Waals surface area contributed by atoms with Crippen molar-refractivity contribution >= 4 is 17.7 Å². The SMILES string of the molecule is CC(=O)CC(=O)OC(C)(C)C.CC(=O)O. The number of Topliss-reactive ketones (excluding diaryl/α,β-unsaturated/α-hetero) is 1. The second kappa shape index (κ2) is 6.98. The second-order valence-corrected chi connectivity index (χ2v) is 3.98. The van der Waals surface area contributed by atoms with E-state index in [2.05, 4.69) is 0 Å². The number of carbonyl (C=O) groups is 3. The summed E-state index contributed by atoms with van der Waals surface area (Å²) in [4.78, 5) is 30.3. The third-order valence-corrected chi connectivity index (χ3v) is 0.813. The number of hydrogen-bond acceptors (Lipinski definition) is 4. The average molecular weight is 218 g/mol. The van der Waals surface area contributed by atoms with Crippen molar-refractivity contribution in [3.63, 3.8) is 0 Å². The fourth-order valence-electron chi connectivity index (χ4n) is 0.581. The molecule has 0 atom stereocenters. The number of carbonyl (C=O) groups excluding carboxylic acids is 2. The van der Waals surface area contributed by atoms with E-state index in [1.807, 2.05) is 0 Å². The van der Waals surface area contributed by atoms with Gasteiger partial charge in [-0.15, -0.1) is 0 Å². The number of esters is 1. The van der Waals surface area contributed by atoms with E-state index in [1.165, 1.54) is 6.92 Å². The van der Waals surface area contributed by atoms with Crippen LogP contribution in [0.15, 0.2) is 0 Å². The third-order valence-electron chi connectivity index (χ3n) is 0.813. The van der Waals surface area contributed by atoms with Gasteiger partial charge in [0.2, 0.25) is 0 Å². The molecule has 0 heterocycles. The van der Waals surface area contributed by atoms with Crippen LogP contribution < -0.4 is 0 Å². The Kier molecular flexibility index (Phi) is 7.47. The molecule has 0 rings (SSSR count). The van der Waals surface area contributed by atoms with Gasteiger partial charge in [-0.1, -0.05) is 0 Å². The first kappa shape index (κ1) is 16.1. The van der Waals surface area contributed by atoms with Crippen molar-refractivity contribution in [2.24, 2.45) is 0 Å². The number of ketones is 1. The lowest BCUT2D eigenvalue weighted by Crippen LogP contribution is -2.24. The van der Waals surface area contributed by atoms with Crippen molar-refractivity contribution in [3.8, 4) is 0 Å². The Bertz CT molecular complexity index is 233. The highest BCUT2D eigenvalue weighted by Crippen LogP contribution is 2.07. The van der Waals surface area contributed by atoms with E-state index in [-0.39, 0.29) is 12.2 Å². The van der Waals surface area contributed by atoms with Crippen LogP contribution in [0.25, 0.3) is 0 Å². The van der Waals surface area contributed by atoms with Crippen molar-refractivity contribution in [1.29, 1.82) is 0 Å². The molecule has 0 aliphatic rings. The van der Waals surface area contributed by atoms with Crippen molar-refractivity contribution in [2.45, 2.75) is 46.6 Å². The van der Waals surface area contributed by atoms with Crippen molar-refractivity contribution in [2.75, 3.05) is 0 Å². The van der Waals surface area contributed by atoms with E-state index >= 15 is 0 Å². The van der Waals surface area contributed by atoms with Gasteiger partial charge in [0.15, 0.2) is 0 Å². The molecule has 0 amide bonds. The molecule has 88 valence electrons. The molecule has 0 fully saturated rings. The molecule has 0 aliphatic carbocycles. The minimum atomic E-state index is -0.833. The van der Waals surface area contributed by atoms with E-state index in [0.29, 0.717) is 0 Å². The molecule has 0 unspecified atom stereocenters. The van der Waals surface area contributed by atoms with Crippen LogP contribution in [-0.2, 0) is 19.1 Å². The summed E-state index contributed by atoms with van der Waals surface area (Å²) in [6, 6.07) is 0. The highest BCUT2D eigenvalue weighted by Gasteiger charge is 2.16. The third kappa shape index (κ3) is 24.5. The molecule has 0 bridgehead atoms. The summed E-state index contributed by atoms with van der Waals surface area (Å²) in [5.74, 6) is -1.45. The van der Waals surface area contributed by atoms with E-state index in [4.69, 9.17) is 14.6 Å². The molecular weight excluding hydrogens is 200 g/mol. The number of carboxylic acid groups (broad SMARTS) is 1. The Hall–Kier alpha value is -1.39. The first-order valence-electron chi connectivity index (χ1n) is 4.45. The van der Waals surface area contributed by atoms with Gasteiger partial charge in [0, 0.05) is 6.92 Å². The summed E-state index contributed by atoms with van der Waals surface area (Å²) in [7, 11) is 0. The Balaban J connectivity index is 0. The molecule has 5 heteroatoms. The maximum Gasteiger partial charge on any atom is 0.313 e. The lowest BCUT2D eigenvalue weighted by molar-refractivity contribution is -0.156. The van der Waals surface area contributed by atoms with Crippen LogP contribution in [0.4, 0.5) is 0 Å². The van der Waals surface area contributed by atoms with Gasteiger partial charge < -0.3 is 9.84 Å². The van der Waals surface area contributed by atoms with Crippen molar-refractivity contribution < 1.29 is 24.2 Å². The van der Waals surface area contributed by atoms with E-state index in [9.17, 15) is 9.59 Å². The molecule has 0 aromatic carbocycles. The smallest absolute Gasteiger partial charge is 0.313 e. The van der Waals surface area contributed by atoms with Gasteiger partial charge in [0.1, 0.15) is 17.8 Å². The van der Waals surface area contributed by atoms with Gasteiger partial charge in [0.05, 0.1) is 0 Å². The zero-order valence-electron chi connectivity index (χ0n) is 9.79. The molecule has 0 aliphatic heterocycles. The summed E-state index contributed by atoms with van der Waals surface area (Å²) in [6.45, 7) is 7.75. The van der Waals surface area contributed by atoms with Gasteiger partial charge in [-0.05, 0) is 27.7 Å². The van der Waals surface area contributed by atoms with E-state index in [1.54, 1.807) is 20.8 Å². The largest absolute Gasteiger partial charge is 0.481 e. The average Bonchev–Trinajstić information content (AvgIpc) is 1.76. The quantitative estimate of drug-likeness (QED) is 0.559. The molecular formula is C10H18O5. The summed E-state index contributed by atoms with van der Waals surface area (Å²) in [5.41, 5.74) is -0.494. The van der Waals surface area contributed by atoms with Crippen LogP contribution in [0.2, 0.25) is 0 Å². The molecule has 0 radical (unpaired) electrons. The normalized spacial score (nSPS) is 9.67. The Morgan fingerprint density at radius 2 is 1.47 bits per heavy atom. The van der Waals surface area contributed by atoms with Gasteiger partial charge in [0.25, 0.3) is 5.97 Å². The molecule has 0 saturated heterocycles. The number of hydrogen-bond donors (Lipinski definition) is 1. The number of aliphatic carboxylic acids is 1. The predicted octanol–water partition coefficient (Wildman–Crippen LogP) is 1.40. The number of carboxylic acids is 1. The Labute approximate surface area is 89.4 Å². The summed E-state index contributed by atoms with van der Waals surface area (Å²) in [6.07, 6.45) is -0.128. The summed E-state index contributed by atoms with van der Waals surface area (Å²) >= 11 is 0. The number of ether oxygens (including phenoxy) is 1. The first-order chi connectivity index (χ1) is 6.54. The van der Waals surface area contributed by atoms with E-state index < -0.39 is 17.5 Å². The van der Waals surface area contributed by atoms with Crippen LogP contribution >= 0.6 is 0 Å². The lowest BCUT2D eigenvalue weighted by Gasteiger charge is -2.18. The molecule has 5 nitrogen and oxygen atoms in total. The van der Waals surface area contributed by atoms with Crippen LogP contribution in [0.1, 0.15) is 41.0 Å². The van der Waals surface area contributed by atoms with Gasteiger partial charge >= 0.3 is 5.97 Å². The molecule has 0 saturated carbocycles. The zero-order valence-corrected chi connectivity index (χ0v) is 9.79. The fraction of sp³-hybridized carbons (Fsp3) is 0.700. The maximum absolute atomic E-state index is 10.8. The van der Waals surface area contributed by atoms with Gasteiger partial charge in [-0.25, -0.2) is 0 Å². The fourth-order valence-corrected chi connectivity index (χ4v) is 0.581. The number of rotatable bonds is 2. The van der Waals surface area contributed by atoms with E-state index in [0.717, 1.165) is 6.92 Å². The lowest BCUT2D eigenvalue weighted by atomic mass is 10.2. The first-order valence-corrected chi connectivity index (χ1v) is 4.45. The van der Waals surface area contributed by atoms with Crippen LogP contribution in [0.5, 0.6) is 0 Å². The highest BCUT2D eigenvalue weighted by atomic mass is 16.6. The predicted molar refractivity (Wildman–Crippen MR) is 54.5 cm³/mol. The minimum absolute atomic E-state index is 0.128. The Morgan fingerprint density at radius 1 is 1.13 bits per heavy atom. The second-order valence-electron chi connectivity index (χ2n) is 3.98. The molecule has 15 heavy (non-hydrogen) atoms. The van der Waals surface area contributed by atoms with Gasteiger partial charge in [-0.3, -0.25) is 14.4 Å². The highest BCUT2D eigenvalue weighted by molar-refractivity contribution is 5.94. The van der Waals surface area contributed by atoms with Crippen molar-refractivity contribution in [1.82, 2.24) is 0 Å². The molecule has 0 spiro atoms. The van der Waals surface area contributed by atoms with Crippen LogP contribution in [0, 0.1) is 0 Å². The standard InChI is InChI=1S/C8H14O3.C2H4O2/c1-6(9)5-7(10)11-8(2,3)4;1-2(3)4/h5H2,1-4H3;1H3,(H,3,4). The van der Waals surface area contributed by atoms with Gasteiger partial charge in [-0.2, -0.15) is 0 Å². The van der Waals surface area contributed by atoms with Crippen molar-refractivity contribution in [3.05, 3.63) is 0 Å². The summed E-state index contributed by atoms with van der Waals surface area (Å²) < 4.78 is 4.89.